The van der Waals surface area contributed by atoms with Crippen molar-refractivity contribution in [3.8, 4) is 33.6 Å². The van der Waals surface area contributed by atoms with Crippen molar-refractivity contribution in [2.45, 2.75) is 0 Å². The SMILES string of the molecule is c1cnc(-c2c3ccccc3c(-c3ccc4cc(-c5cc6c7ccccc7ccc6c6ccccc56)ccc4c3)c3ccccc23)nc1. The fourth-order valence-electron chi connectivity index (χ4n) is 7.78. The molecule has 0 aliphatic carbocycles. The minimum atomic E-state index is 0.747. The Hall–Kier alpha value is -6.38. The number of rotatable bonds is 3. The van der Waals surface area contributed by atoms with Crippen LogP contribution in [-0.4, -0.2) is 9.97 Å². The molecule has 0 bridgehead atoms. The van der Waals surface area contributed by atoms with Crippen molar-refractivity contribution in [2.24, 2.45) is 0 Å². The molecule has 0 spiro atoms. The highest BCUT2D eigenvalue weighted by Gasteiger charge is 2.18. The number of benzene rings is 9. The molecule has 2 heteroatoms. The highest BCUT2D eigenvalue weighted by atomic mass is 14.9. The van der Waals surface area contributed by atoms with Crippen LogP contribution in [0.15, 0.2) is 170 Å². The van der Waals surface area contributed by atoms with Crippen LogP contribution in [0.4, 0.5) is 0 Å². The molecule has 0 radical (unpaired) electrons. The summed E-state index contributed by atoms with van der Waals surface area (Å²) < 4.78 is 0. The lowest BCUT2D eigenvalue weighted by molar-refractivity contribution is 1.18. The van der Waals surface area contributed by atoms with E-state index in [0.717, 1.165) is 22.2 Å². The predicted octanol–water partition coefficient (Wildman–Crippen LogP) is 12.4. The summed E-state index contributed by atoms with van der Waals surface area (Å²) in [4.78, 5) is 9.33. The second-order valence-corrected chi connectivity index (χ2v) is 12.5. The van der Waals surface area contributed by atoms with Crippen LogP contribution in [0.1, 0.15) is 0 Å². The van der Waals surface area contributed by atoms with Gasteiger partial charge in [-0.05, 0) is 111 Å². The van der Waals surface area contributed by atoms with E-state index in [2.05, 4.69) is 162 Å². The van der Waals surface area contributed by atoms with E-state index in [1.165, 1.54) is 76.1 Å². The van der Waals surface area contributed by atoms with Crippen molar-refractivity contribution in [1.29, 1.82) is 0 Å². The zero-order valence-electron chi connectivity index (χ0n) is 26.1. The number of fused-ring (bicyclic) bond motifs is 8. The van der Waals surface area contributed by atoms with Crippen LogP contribution in [0.25, 0.3) is 98.3 Å². The van der Waals surface area contributed by atoms with Gasteiger partial charge in [-0.25, -0.2) is 9.97 Å². The zero-order chi connectivity index (χ0) is 31.6. The largest absolute Gasteiger partial charge is 0.237 e. The topological polar surface area (TPSA) is 25.8 Å². The first-order valence-electron chi connectivity index (χ1n) is 16.4. The molecule has 0 unspecified atom stereocenters. The van der Waals surface area contributed by atoms with Gasteiger partial charge in [0.1, 0.15) is 0 Å². The van der Waals surface area contributed by atoms with E-state index in [-0.39, 0.29) is 0 Å². The smallest absolute Gasteiger partial charge is 0.160 e. The van der Waals surface area contributed by atoms with E-state index in [1.54, 1.807) is 0 Å². The molecule has 2 nitrogen and oxygen atoms in total. The van der Waals surface area contributed by atoms with Crippen molar-refractivity contribution in [3.63, 3.8) is 0 Å². The molecule has 0 fully saturated rings. The molecule has 0 saturated heterocycles. The molecular formula is C46H28N2. The second kappa shape index (κ2) is 10.6. The van der Waals surface area contributed by atoms with Gasteiger partial charge in [-0.2, -0.15) is 0 Å². The Bertz CT molecular complexity index is 2830. The summed E-state index contributed by atoms with van der Waals surface area (Å²) in [5.41, 5.74) is 6.00. The highest BCUT2D eigenvalue weighted by Crippen LogP contribution is 2.44. The Morgan fingerprint density at radius 2 is 0.792 bits per heavy atom. The Labute approximate surface area is 277 Å². The maximum absolute atomic E-state index is 4.67. The molecule has 222 valence electrons. The third-order valence-corrected chi connectivity index (χ3v) is 9.93. The summed E-state index contributed by atoms with van der Waals surface area (Å²) in [6.45, 7) is 0. The number of hydrogen-bond acceptors (Lipinski definition) is 2. The van der Waals surface area contributed by atoms with Gasteiger partial charge in [-0.3, -0.25) is 0 Å². The Morgan fingerprint density at radius 3 is 1.48 bits per heavy atom. The van der Waals surface area contributed by atoms with Crippen LogP contribution in [0.3, 0.4) is 0 Å². The van der Waals surface area contributed by atoms with Gasteiger partial charge in [0.2, 0.25) is 0 Å². The standard InChI is InChI=1S/C46H28N2/c1-2-11-34-29(10-1)22-23-37-35-12-3-4-13-36(35)42(28-43(34)37)32-20-18-31-27-33(21-19-30(31)26-32)44-38-14-5-7-16-40(38)45(46-47-24-9-25-48-46)41-17-8-6-15-39(41)44/h1-28H. The average Bonchev–Trinajstić information content (AvgIpc) is 3.16. The zero-order valence-corrected chi connectivity index (χ0v) is 26.1. The first kappa shape index (κ1) is 26.8. The third-order valence-electron chi connectivity index (χ3n) is 9.93. The lowest BCUT2D eigenvalue weighted by atomic mass is 9.87. The van der Waals surface area contributed by atoms with Crippen LogP contribution < -0.4 is 0 Å². The van der Waals surface area contributed by atoms with Crippen molar-refractivity contribution in [1.82, 2.24) is 9.97 Å². The summed E-state index contributed by atoms with van der Waals surface area (Å²) in [6.07, 6.45) is 3.64. The van der Waals surface area contributed by atoms with Crippen LogP contribution in [0, 0.1) is 0 Å². The quantitative estimate of drug-likeness (QED) is 0.147. The van der Waals surface area contributed by atoms with Gasteiger partial charge in [0.15, 0.2) is 5.82 Å². The van der Waals surface area contributed by atoms with Crippen molar-refractivity contribution < 1.29 is 0 Å². The van der Waals surface area contributed by atoms with Crippen LogP contribution in [0.2, 0.25) is 0 Å². The minimum Gasteiger partial charge on any atom is -0.237 e. The summed E-state index contributed by atoms with van der Waals surface area (Å²) in [5, 5.41) is 14.9. The molecule has 9 aromatic carbocycles. The molecule has 10 rings (SSSR count). The molecule has 10 aromatic rings. The van der Waals surface area contributed by atoms with Crippen molar-refractivity contribution >= 4 is 64.6 Å². The molecule has 0 atom stereocenters. The molecule has 0 aliphatic rings. The predicted molar refractivity (Wildman–Crippen MR) is 203 cm³/mol. The third kappa shape index (κ3) is 4.06. The number of nitrogens with zero attached hydrogens (tertiary/aromatic N) is 2. The van der Waals surface area contributed by atoms with Crippen LogP contribution in [-0.2, 0) is 0 Å². The molecule has 0 N–H and O–H groups in total. The Kier molecular flexibility index (Phi) is 5.91. The summed E-state index contributed by atoms with van der Waals surface area (Å²) >= 11 is 0. The molecule has 48 heavy (non-hydrogen) atoms. The molecule has 0 aliphatic heterocycles. The fraction of sp³-hybridized carbons (Fsp3) is 0. The maximum atomic E-state index is 4.67. The Morgan fingerprint density at radius 1 is 0.292 bits per heavy atom. The summed E-state index contributed by atoms with van der Waals surface area (Å²) in [5.74, 6) is 0.747. The molecule has 1 aromatic heterocycles. The summed E-state index contributed by atoms with van der Waals surface area (Å²) in [6, 6.07) is 57.4. The highest BCUT2D eigenvalue weighted by molar-refractivity contribution is 6.22. The first-order chi connectivity index (χ1) is 23.8. The van der Waals surface area contributed by atoms with Crippen LogP contribution in [0.5, 0.6) is 0 Å². The van der Waals surface area contributed by atoms with Gasteiger partial charge in [0.25, 0.3) is 0 Å². The van der Waals surface area contributed by atoms with E-state index >= 15 is 0 Å². The molecule has 0 amide bonds. The van der Waals surface area contributed by atoms with Crippen LogP contribution >= 0.6 is 0 Å². The van der Waals surface area contributed by atoms with E-state index in [0.29, 0.717) is 0 Å². The van der Waals surface area contributed by atoms with Gasteiger partial charge < -0.3 is 0 Å². The van der Waals surface area contributed by atoms with Gasteiger partial charge in [-0.15, -0.1) is 0 Å². The van der Waals surface area contributed by atoms with Gasteiger partial charge in [-0.1, -0.05) is 133 Å². The van der Waals surface area contributed by atoms with E-state index in [1.807, 2.05) is 18.5 Å². The van der Waals surface area contributed by atoms with Gasteiger partial charge >= 0.3 is 0 Å². The van der Waals surface area contributed by atoms with Gasteiger partial charge in [0, 0.05) is 18.0 Å². The fourth-order valence-corrected chi connectivity index (χ4v) is 7.78. The second-order valence-electron chi connectivity index (χ2n) is 12.5. The number of aromatic nitrogens is 2. The minimum absolute atomic E-state index is 0.747. The van der Waals surface area contributed by atoms with E-state index in [4.69, 9.17) is 0 Å². The summed E-state index contributed by atoms with van der Waals surface area (Å²) in [7, 11) is 0. The maximum Gasteiger partial charge on any atom is 0.160 e. The average molecular weight is 609 g/mol. The first-order valence-corrected chi connectivity index (χ1v) is 16.4. The Balaban J connectivity index is 1.18. The molecular weight excluding hydrogens is 581 g/mol. The van der Waals surface area contributed by atoms with Crippen molar-refractivity contribution in [3.05, 3.63) is 170 Å². The monoisotopic (exact) mass is 608 g/mol. The van der Waals surface area contributed by atoms with Crippen molar-refractivity contribution in [2.75, 3.05) is 0 Å². The number of hydrogen-bond donors (Lipinski definition) is 0. The molecule has 0 saturated carbocycles. The lowest BCUT2D eigenvalue weighted by Gasteiger charge is -2.17. The lowest BCUT2D eigenvalue weighted by Crippen LogP contribution is -1.94. The van der Waals surface area contributed by atoms with E-state index < -0.39 is 0 Å². The van der Waals surface area contributed by atoms with Gasteiger partial charge in [0.05, 0.1) is 0 Å². The normalized spacial score (nSPS) is 11.8. The van der Waals surface area contributed by atoms with E-state index in [9.17, 15) is 0 Å². The molecule has 1 heterocycles.